The minimum Gasteiger partial charge on any atom is -0.497 e. The number of rotatable bonds is 7. The van der Waals surface area contributed by atoms with Crippen LogP contribution in [0.15, 0.2) is 42.5 Å². The van der Waals surface area contributed by atoms with Gasteiger partial charge in [0.1, 0.15) is 11.5 Å². The molecule has 7 nitrogen and oxygen atoms in total. The molecule has 0 saturated carbocycles. The first-order valence-electron chi connectivity index (χ1n) is 9.67. The van der Waals surface area contributed by atoms with Gasteiger partial charge in [0, 0.05) is 24.6 Å². The molecule has 1 saturated heterocycles. The van der Waals surface area contributed by atoms with Crippen LogP contribution >= 0.6 is 0 Å². The predicted octanol–water partition coefficient (Wildman–Crippen LogP) is 3.18. The number of anilines is 1. The number of carbonyl (C=O) groups is 3. The summed E-state index contributed by atoms with van der Waals surface area (Å²) in [5.41, 5.74) is 2.04. The first kappa shape index (κ1) is 21.4. The van der Waals surface area contributed by atoms with Crippen LogP contribution in [0.3, 0.4) is 0 Å². The molecule has 1 heterocycles. The summed E-state index contributed by atoms with van der Waals surface area (Å²) in [4.78, 5) is 39.2. The predicted molar refractivity (Wildman–Crippen MR) is 111 cm³/mol. The average molecular weight is 411 g/mol. The zero-order chi connectivity index (χ0) is 21.8. The summed E-state index contributed by atoms with van der Waals surface area (Å²) < 4.78 is 16.0. The first-order chi connectivity index (χ1) is 14.3. The van der Waals surface area contributed by atoms with Crippen molar-refractivity contribution in [3.8, 4) is 11.5 Å². The van der Waals surface area contributed by atoms with Crippen molar-refractivity contribution in [3.63, 3.8) is 0 Å². The topological polar surface area (TPSA) is 82.1 Å². The molecular weight excluding hydrogens is 386 g/mol. The molecule has 0 bridgehead atoms. The van der Waals surface area contributed by atoms with E-state index >= 15 is 0 Å². The third kappa shape index (κ3) is 4.45. The number of ketones is 1. The van der Waals surface area contributed by atoms with E-state index in [9.17, 15) is 14.4 Å². The van der Waals surface area contributed by atoms with E-state index in [1.807, 2.05) is 19.1 Å². The summed E-state index contributed by atoms with van der Waals surface area (Å²) in [7, 11) is 3.04. The van der Waals surface area contributed by atoms with Gasteiger partial charge in [-0.25, -0.2) is 0 Å². The Hall–Kier alpha value is -3.35. The van der Waals surface area contributed by atoms with Crippen molar-refractivity contribution >= 4 is 23.3 Å². The molecule has 0 radical (unpaired) electrons. The lowest BCUT2D eigenvalue weighted by Gasteiger charge is -2.20. The zero-order valence-corrected chi connectivity index (χ0v) is 17.5. The standard InChI is InChI=1S/C23H25NO6/c1-14-5-7-16(8-6-14)22(26)15(2)30-23(27)17-11-21(25)24(13-17)19-12-18(28-3)9-10-20(19)29-4/h5-10,12,15,17H,11,13H2,1-4H3/t15-,17+/m0/s1. The fraction of sp³-hybridized carbons (Fsp3) is 0.348. The largest absolute Gasteiger partial charge is 0.497 e. The van der Waals surface area contributed by atoms with Crippen molar-refractivity contribution in [2.24, 2.45) is 5.92 Å². The molecule has 0 aromatic heterocycles. The highest BCUT2D eigenvalue weighted by Gasteiger charge is 2.38. The van der Waals surface area contributed by atoms with Crippen LogP contribution in [0.4, 0.5) is 5.69 Å². The van der Waals surface area contributed by atoms with E-state index in [2.05, 4.69) is 0 Å². The Labute approximate surface area is 175 Å². The SMILES string of the molecule is COc1ccc(OC)c(N2C[C@H](C(=O)O[C@@H](C)C(=O)c3ccc(C)cc3)CC2=O)c1. The normalized spacial score (nSPS) is 16.9. The van der Waals surface area contributed by atoms with E-state index < -0.39 is 18.0 Å². The van der Waals surface area contributed by atoms with Gasteiger partial charge in [-0.3, -0.25) is 14.4 Å². The van der Waals surface area contributed by atoms with Gasteiger partial charge in [-0.2, -0.15) is 0 Å². The number of carbonyl (C=O) groups excluding carboxylic acids is 3. The Morgan fingerprint density at radius 2 is 1.77 bits per heavy atom. The molecule has 1 amide bonds. The number of amides is 1. The van der Waals surface area contributed by atoms with Crippen LogP contribution in [-0.2, 0) is 14.3 Å². The van der Waals surface area contributed by atoms with E-state index in [1.165, 1.54) is 19.1 Å². The highest BCUT2D eigenvalue weighted by atomic mass is 16.5. The fourth-order valence-electron chi connectivity index (χ4n) is 3.38. The van der Waals surface area contributed by atoms with Crippen molar-refractivity contribution in [2.75, 3.05) is 25.7 Å². The second-order valence-electron chi connectivity index (χ2n) is 7.25. The first-order valence-corrected chi connectivity index (χ1v) is 9.67. The Morgan fingerprint density at radius 3 is 2.40 bits per heavy atom. The minimum atomic E-state index is -0.935. The number of esters is 1. The van der Waals surface area contributed by atoms with Gasteiger partial charge in [0.05, 0.1) is 25.8 Å². The van der Waals surface area contributed by atoms with E-state index in [0.29, 0.717) is 22.7 Å². The number of nitrogens with zero attached hydrogens (tertiary/aromatic N) is 1. The number of Topliss-reactive ketones (excluding diaryl/α,β-unsaturated/α-hetero) is 1. The molecule has 1 aliphatic rings. The smallest absolute Gasteiger partial charge is 0.312 e. The van der Waals surface area contributed by atoms with Crippen molar-refractivity contribution in [1.82, 2.24) is 0 Å². The van der Waals surface area contributed by atoms with Crippen LogP contribution in [0.1, 0.15) is 29.3 Å². The molecule has 0 spiro atoms. The highest BCUT2D eigenvalue weighted by Crippen LogP contribution is 2.36. The Morgan fingerprint density at radius 1 is 1.07 bits per heavy atom. The lowest BCUT2D eigenvalue weighted by molar-refractivity contribution is -0.151. The Balaban J connectivity index is 1.69. The Kier molecular flexibility index (Phi) is 6.40. The summed E-state index contributed by atoms with van der Waals surface area (Å²) >= 11 is 0. The number of methoxy groups -OCH3 is 2. The molecule has 0 aliphatic carbocycles. The molecule has 1 fully saturated rings. The number of hydrogen-bond donors (Lipinski definition) is 0. The van der Waals surface area contributed by atoms with Crippen LogP contribution in [-0.4, -0.2) is 44.5 Å². The van der Waals surface area contributed by atoms with Crippen LogP contribution in [0.25, 0.3) is 0 Å². The molecule has 3 rings (SSSR count). The zero-order valence-electron chi connectivity index (χ0n) is 17.5. The molecule has 158 valence electrons. The van der Waals surface area contributed by atoms with Gasteiger partial charge in [-0.05, 0) is 26.0 Å². The van der Waals surface area contributed by atoms with Crippen molar-refractivity contribution in [2.45, 2.75) is 26.4 Å². The second kappa shape index (κ2) is 8.98. The van der Waals surface area contributed by atoms with E-state index in [4.69, 9.17) is 14.2 Å². The minimum absolute atomic E-state index is 0.00460. The molecule has 30 heavy (non-hydrogen) atoms. The summed E-state index contributed by atoms with van der Waals surface area (Å²) in [6.45, 7) is 3.62. The lowest BCUT2D eigenvalue weighted by Crippen LogP contribution is -2.30. The maximum absolute atomic E-state index is 12.6. The van der Waals surface area contributed by atoms with Gasteiger partial charge >= 0.3 is 5.97 Å². The monoisotopic (exact) mass is 411 g/mol. The molecular formula is C23H25NO6. The molecule has 0 N–H and O–H groups in total. The van der Waals surface area contributed by atoms with E-state index in [-0.39, 0.29) is 24.7 Å². The number of aryl methyl sites for hydroxylation is 1. The van der Waals surface area contributed by atoms with Gasteiger partial charge in [-0.1, -0.05) is 29.8 Å². The van der Waals surface area contributed by atoms with Crippen LogP contribution in [0.2, 0.25) is 0 Å². The number of hydrogen-bond acceptors (Lipinski definition) is 6. The lowest BCUT2D eigenvalue weighted by atomic mass is 10.1. The van der Waals surface area contributed by atoms with Gasteiger partial charge in [0.15, 0.2) is 6.10 Å². The molecule has 2 aromatic rings. The van der Waals surface area contributed by atoms with E-state index in [0.717, 1.165) is 5.56 Å². The van der Waals surface area contributed by atoms with Crippen molar-refractivity contribution < 1.29 is 28.6 Å². The molecule has 2 atom stereocenters. The molecule has 2 aromatic carbocycles. The van der Waals surface area contributed by atoms with Gasteiger partial charge in [0.25, 0.3) is 0 Å². The fourth-order valence-corrected chi connectivity index (χ4v) is 3.38. The van der Waals surface area contributed by atoms with Crippen LogP contribution in [0, 0.1) is 12.8 Å². The highest BCUT2D eigenvalue weighted by molar-refractivity contribution is 6.02. The average Bonchev–Trinajstić information content (AvgIpc) is 3.14. The summed E-state index contributed by atoms with van der Waals surface area (Å²) in [5.74, 6) is -0.662. The molecule has 7 heteroatoms. The third-order valence-electron chi connectivity index (χ3n) is 5.13. The maximum atomic E-state index is 12.6. The van der Waals surface area contributed by atoms with Crippen LogP contribution in [0.5, 0.6) is 11.5 Å². The quantitative estimate of drug-likeness (QED) is 0.514. The summed E-state index contributed by atoms with van der Waals surface area (Å²) in [5, 5.41) is 0. The van der Waals surface area contributed by atoms with Crippen LogP contribution < -0.4 is 14.4 Å². The van der Waals surface area contributed by atoms with Gasteiger partial charge < -0.3 is 19.1 Å². The maximum Gasteiger partial charge on any atom is 0.312 e. The van der Waals surface area contributed by atoms with Crippen molar-refractivity contribution in [3.05, 3.63) is 53.6 Å². The summed E-state index contributed by atoms with van der Waals surface area (Å²) in [6, 6.07) is 12.2. The van der Waals surface area contributed by atoms with Gasteiger partial charge in [0.2, 0.25) is 11.7 Å². The van der Waals surface area contributed by atoms with E-state index in [1.54, 1.807) is 37.3 Å². The van der Waals surface area contributed by atoms with Gasteiger partial charge in [-0.15, -0.1) is 0 Å². The second-order valence-corrected chi connectivity index (χ2v) is 7.25. The Bertz CT molecular complexity index is 953. The third-order valence-corrected chi connectivity index (χ3v) is 5.13. The number of benzene rings is 2. The summed E-state index contributed by atoms with van der Waals surface area (Å²) in [6.07, 6.45) is -0.930. The molecule has 1 aliphatic heterocycles. The molecule has 0 unspecified atom stereocenters. The van der Waals surface area contributed by atoms with Crippen molar-refractivity contribution in [1.29, 1.82) is 0 Å². The number of ether oxygens (including phenoxy) is 3.